The van der Waals surface area contributed by atoms with E-state index in [0.717, 1.165) is 11.3 Å². The van der Waals surface area contributed by atoms with Crippen LogP contribution in [0.25, 0.3) is 5.65 Å². The smallest absolute Gasteiger partial charge is 0.273 e. The second kappa shape index (κ2) is 7.29. The highest BCUT2D eigenvalue weighted by atomic mass is 35.5. The number of pyridine rings is 2. The number of nitrogens with zero attached hydrogens (tertiary/aromatic N) is 6. The van der Waals surface area contributed by atoms with Crippen LogP contribution in [0, 0.1) is 0 Å². The first-order valence-corrected chi connectivity index (χ1v) is 9.78. The van der Waals surface area contributed by atoms with E-state index in [2.05, 4.69) is 37.9 Å². The van der Waals surface area contributed by atoms with Crippen LogP contribution in [0.1, 0.15) is 46.2 Å². The maximum atomic E-state index is 12.3. The fraction of sp³-hybridized carbons (Fsp3) is 0.250. The summed E-state index contributed by atoms with van der Waals surface area (Å²) in [4.78, 5) is 21.1. The predicted molar refractivity (Wildman–Crippen MR) is 107 cm³/mol. The van der Waals surface area contributed by atoms with E-state index in [1.807, 2.05) is 16.7 Å². The number of fused-ring (bicyclic) bond motifs is 1. The van der Waals surface area contributed by atoms with Crippen molar-refractivity contribution in [2.24, 2.45) is 0 Å². The van der Waals surface area contributed by atoms with Crippen LogP contribution in [0.4, 0.5) is 0 Å². The van der Waals surface area contributed by atoms with Crippen molar-refractivity contribution in [3.63, 3.8) is 0 Å². The number of imidazole rings is 1. The molecule has 1 saturated carbocycles. The average molecular weight is 408 g/mol. The van der Waals surface area contributed by atoms with E-state index in [1.54, 1.807) is 29.2 Å². The minimum absolute atomic E-state index is 0.242. The van der Waals surface area contributed by atoms with Crippen molar-refractivity contribution < 1.29 is 4.79 Å². The van der Waals surface area contributed by atoms with Crippen LogP contribution in [-0.4, -0.2) is 35.3 Å². The molecule has 0 aliphatic heterocycles. The lowest BCUT2D eigenvalue weighted by atomic mass is 10.2. The number of rotatable bonds is 6. The van der Waals surface area contributed by atoms with Gasteiger partial charge in [0, 0.05) is 23.6 Å². The molecule has 5 rings (SSSR count). The molecule has 8 nitrogen and oxygen atoms in total. The van der Waals surface area contributed by atoms with Gasteiger partial charge in [-0.2, -0.15) is 0 Å². The van der Waals surface area contributed by atoms with Gasteiger partial charge in [-0.25, -0.2) is 9.67 Å². The van der Waals surface area contributed by atoms with Gasteiger partial charge < -0.3 is 9.72 Å². The third-order valence-corrected chi connectivity index (χ3v) is 5.11. The molecule has 1 aliphatic rings. The molecule has 0 saturated heterocycles. The van der Waals surface area contributed by atoms with Crippen LogP contribution >= 0.6 is 11.6 Å². The van der Waals surface area contributed by atoms with E-state index in [4.69, 9.17) is 11.6 Å². The van der Waals surface area contributed by atoms with Gasteiger partial charge in [0.05, 0.1) is 30.7 Å². The highest BCUT2D eigenvalue weighted by Gasteiger charge is 2.23. The van der Waals surface area contributed by atoms with Crippen molar-refractivity contribution in [3.8, 4) is 0 Å². The number of hydrogen-bond donors (Lipinski definition) is 1. The number of carbonyl (C=O) groups excluding carboxylic acids is 1. The highest BCUT2D eigenvalue weighted by molar-refractivity contribution is 6.30. The molecule has 4 aromatic heterocycles. The maximum absolute atomic E-state index is 12.3. The summed E-state index contributed by atoms with van der Waals surface area (Å²) in [5.41, 5.74) is 4.03. The average Bonchev–Trinajstić information content (AvgIpc) is 3.33. The molecular formula is C20H18ClN7O. The third-order valence-electron chi connectivity index (χ3n) is 4.88. The summed E-state index contributed by atoms with van der Waals surface area (Å²) in [5.74, 6) is 0.380. The van der Waals surface area contributed by atoms with Crippen molar-refractivity contribution in [1.29, 1.82) is 0 Å². The second-order valence-electron chi connectivity index (χ2n) is 7.18. The van der Waals surface area contributed by atoms with Crippen molar-refractivity contribution in [2.75, 3.05) is 0 Å². The topological polar surface area (TPSA) is 90.0 Å². The number of aromatic nitrogens is 6. The zero-order valence-electron chi connectivity index (χ0n) is 15.5. The molecule has 0 aromatic carbocycles. The fourth-order valence-corrected chi connectivity index (χ4v) is 3.43. The van der Waals surface area contributed by atoms with Crippen molar-refractivity contribution >= 4 is 23.2 Å². The molecule has 1 aliphatic carbocycles. The zero-order valence-corrected chi connectivity index (χ0v) is 16.3. The maximum Gasteiger partial charge on any atom is 0.273 e. The molecule has 4 aromatic rings. The van der Waals surface area contributed by atoms with Gasteiger partial charge in [0.15, 0.2) is 5.69 Å². The summed E-state index contributed by atoms with van der Waals surface area (Å²) in [5, 5.41) is 11.4. The summed E-state index contributed by atoms with van der Waals surface area (Å²) in [6.45, 7) is 0.707. The molecule has 0 spiro atoms. The van der Waals surface area contributed by atoms with Crippen molar-refractivity contribution in [1.82, 2.24) is 34.7 Å². The predicted octanol–water partition coefficient (Wildman–Crippen LogP) is 2.83. The Morgan fingerprint density at radius 2 is 2.07 bits per heavy atom. The fourth-order valence-electron chi connectivity index (χ4n) is 3.25. The molecule has 146 valence electrons. The van der Waals surface area contributed by atoms with Gasteiger partial charge in [0.1, 0.15) is 5.65 Å². The zero-order chi connectivity index (χ0) is 19.8. The molecule has 0 atom stereocenters. The Labute approximate surface area is 171 Å². The summed E-state index contributed by atoms with van der Waals surface area (Å²) in [6.07, 6.45) is 9.89. The molecule has 1 fully saturated rings. The van der Waals surface area contributed by atoms with Gasteiger partial charge in [0.2, 0.25) is 0 Å². The van der Waals surface area contributed by atoms with Crippen LogP contribution in [0.3, 0.4) is 0 Å². The van der Waals surface area contributed by atoms with Crippen molar-refractivity contribution in [3.05, 3.63) is 76.7 Å². The van der Waals surface area contributed by atoms with Gasteiger partial charge in [0.25, 0.3) is 5.91 Å². The molecule has 0 radical (unpaired) electrons. The first-order chi connectivity index (χ1) is 14.1. The molecule has 4 heterocycles. The van der Waals surface area contributed by atoms with Gasteiger partial charge in [-0.3, -0.25) is 9.78 Å². The lowest BCUT2D eigenvalue weighted by molar-refractivity contribution is 0.0945. The molecule has 1 N–H and O–H groups in total. The van der Waals surface area contributed by atoms with E-state index >= 15 is 0 Å². The SMILES string of the molecule is O=C(NCc1cc(Cl)ccn1)c1cn(Cc2cn3cc(C4CC4)ccc3n2)nn1. The van der Waals surface area contributed by atoms with E-state index in [9.17, 15) is 4.79 Å². The Kier molecular flexibility index (Phi) is 4.48. The minimum Gasteiger partial charge on any atom is -0.345 e. The molecule has 9 heteroatoms. The van der Waals surface area contributed by atoms with Gasteiger partial charge >= 0.3 is 0 Å². The lowest BCUT2D eigenvalue weighted by Crippen LogP contribution is -2.23. The molecule has 29 heavy (non-hydrogen) atoms. The number of carbonyl (C=O) groups is 1. The summed E-state index contributed by atoms with van der Waals surface area (Å²) in [7, 11) is 0. The first-order valence-electron chi connectivity index (χ1n) is 9.40. The van der Waals surface area contributed by atoms with Gasteiger partial charge in [-0.15, -0.1) is 5.10 Å². The number of halogens is 1. The first kappa shape index (κ1) is 17.8. The van der Waals surface area contributed by atoms with E-state index in [1.165, 1.54) is 18.4 Å². The third kappa shape index (κ3) is 3.97. The number of amides is 1. The Bertz CT molecular complexity index is 1190. The molecular weight excluding hydrogens is 390 g/mol. The summed E-state index contributed by atoms with van der Waals surface area (Å²) in [6, 6.07) is 7.58. The summed E-state index contributed by atoms with van der Waals surface area (Å²) >= 11 is 5.93. The van der Waals surface area contributed by atoms with E-state index in [0.29, 0.717) is 23.2 Å². The van der Waals surface area contributed by atoms with Crippen molar-refractivity contribution in [2.45, 2.75) is 31.8 Å². The largest absolute Gasteiger partial charge is 0.345 e. The molecule has 0 unspecified atom stereocenters. The normalized spacial score (nSPS) is 13.7. The monoisotopic (exact) mass is 407 g/mol. The van der Waals surface area contributed by atoms with Crippen LogP contribution in [0.2, 0.25) is 5.02 Å². The second-order valence-corrected chi connectivity index (χ2v) is 7.62. The Balaban J connectivity index is 1.25. The Morgan fingerprint density at radius 3 is 2.90 bits per heavy atom. The minimum atomic E-state index is -0.317. The van der Waals surface area contributed by atoms with Crippen LogP contribution in [0.5, 0.6) is 0 Å². The van der Waals surface area contributed by atoms with Crippen LogP contribution < -0.4 is 5.32 Å². The summed E-state index contributed by atoms with van der Waals surface area (Å²) < 4.78 is 3.65. The molecule has 0 bridgehead atoms. The van der Waals surface area contributed by atoms with Gasteiger partial charge in [-0.1, -0.05) is 22.9 Å². The standard InChI is InChI=1S/C20H18ClN7O/c21-15-5-6-22-16(7-15)8-23-20(29)18-12-28(26-25-18)11-17-10-27-9-14(13-1-2-13)3-4-19(27)24-17/h3-7,9-10,12-13H,1-2,8,11H2,(H,23,29). The van der Waals surface area contributed by atoms with Crippen LogP contribution in [0.15, 0.2) is 49.1 Å². The van der Waals surface area contributed by atoms with Gasteiger partial charge in [-0.05, 0) is 42.5 Å². The number of hydrogen-bond acceptors (Lipinski definition) is 5. The Hall–Kier alpha value is -3.26. The lowest BCUT2D eigenvalue weighted by Gasteiger charge is -2.02. The highest BCUT2D eigenvalue weighted by Crippen LogP contribution is 2.39. The number of nitrogens with one attached hydrogen (secondary N) is 1. The van der Waals surface area contributed by atoms with E-state index < -0.39 is 0 Å². The van der Waals surface area contributed by atoms with E-state index in [-0.39, 0.29) is 18.1 Å². The molecule has 1 amide bonds. The van der Waals surface area contributed by atoms with Crippen LogP contribution in [-0.2, 0) is 13.1 Å². The quantitative estimate of drug-likeness (QED) is 0.530. The Morgan fingerprint density at radius 1 is 1.17 bits per heavy atom.